The predicted octanol–water partition coefficient (Wildman–Crippen LogP) is 1.73. The highest BCUT2D eigenvalue weighted by atomic mass is 79.9. The molecule has 0 aliphatic heterocycles. The zero-order chi connectivity index (χ0) is 10.8. The molecule has 6 heteroatoms. The maximum atomic E-state index is 10.9. The van der Waals surface area contributed by atoms with E-state index in [-0.39, 0.29) is 5.56 Å². The highest BCUT2D eigenvalue weighted by Gasteiger charge is 2.09. The number of hydrogen-bond acceptors (Lipinski definition) is 3. The van der Waals surface area contributed by atoms with Gasteiger partial charge in [0, 0.05) is 10.2 Å². The van der Waals surface area contributed by atoms with E-state index < -0.39 is 5.97 Å². The van der Waals surface area contributed by atoms with Gasteiger partial charge in [-0.2, -0.15) is 0 Å². The number of carboxylic acids is 1. The van der Waals surface area contributed by atoms with E-state index in [2.05, 4.69) is 26.1 Å². The van der Waals surface area contributed by atoms with Gasteiger partial charge in [-0.1, -0.05) is 0 Å². The molecular weight excluding hydrogens is 262 g/mol. The number of benzene rings is 1. The monoisotopic (exact) mass is 267 g/mol. The third-order valence-corrected chi connectivity index (χ3v) is 2.59. The molecule has 0 aliphatic carbocycles. The van der Waals surface area contributed by atoms with Gasteiger partial charge in [-0.25, -0.2) is 4.79 Å². The Bertz CT molecular complexity index is 496. The topological polar surface area (TPSA) is 68.0 Å². The SMILES string of the molecule is O=C(O)c1cc(-n2cnnc2)ccc1Br. The van der Waals surface area contributed by atoms with E-state index in [0.29, 0.717) is 10.2 Å². The maximum absolute atomic E-state index is 10.9. The summed E-state index contributed by atoms with van der Waals surface area (Å²) in [5.74, 6) is -0.975. The molecule has 0 fully saturated rings. The summed E-state index contributed by atoms with van der Waals surface area (Å²) in [5, 5.41) is 16.2. The van der Waals surface area contributed by atoms with Crippen molar-refractivity contribution in [1.82, 2.24) is 14.8 Å². The first-order valence-electron chi connectivity index (χ1n) is 4.06. The minimum Gasteiger partial charge on any atom is -0.478 e. The number of carbonyl (C=O) groups is 1. The molecule has 2 rings (SSSR count). The lowest BCUT2D eigenvalue weighted by molar-refractivity contribution is 0.0696. The molecule has 0 radical (unpaired) electrons. The minimum atomic E-state index is -0.975. The van der Waals surface area contributed by atoms with Gasteiger partial charge in [-0.05, 0) is 34.1 Å². The first kappa shape index (κ1) is 9.85. The number of rotatable bonds is 2. The van der Waals surface area contributed by atoms with Crippen LogP contribution in [-0.2, 0) is 0 Å². The Labute approximate surface area is 93.5 Å². The Morgan fingerprint density at radius 3 is 2.60 bits per heavy atom. The van der Waals surface area contributed by atoms with Crippen LogP contribution in [0.5, 0.6) is 0 Å². The van der Waals surface area contributed by atoms with Crippen molar-refractivity contribution in [2.75, 3.05) is 0 Å². The van der Waals surface area contributed by atoms with E-state index in [1.807, 2.05) is 0 Å². The molecule has 5 nitrogen and oxygen atoms in total. The average Bonchev–Trinajstić information content (AvgIpc) is 2.71. The van der Waals surface area contributed by atoms with Gasteiger partial charge in [0.15, 0.2) is 0 Å². The van der Waals surface area contributed by atoms with Crippen LogP contribution in [0.15, 0.2) is 35.3 Å². The summed E-state index contributed by atoms with van der Waals surface area (Å²) in [4.78, 5) is 10.9. The first-order valence-corrected chi connectivity index (χ1v) is 4.85. The fourth-order valence-corrected chi connectivity index (χ4v) is 1.59. The van der Waals surface area contributed by atoms with Crippen LogP contribution in [0, 0.1) is 0 Å². The average molecular weight is 268 g/mol. The minimum absolute atomic E-state index is 0.209. The summed E-state index contributed by atoms with van der Waals surface area (Å²) in [5.41, 5.74) is 0.918. The Morgan fingerprint density at radius 1 is 1.33 bits per heavy atom. The van der Waals surface area contributed by atoms with Crippen molar-refractivity contribution in [3.63, 3.8) is 0 Å². The number of hydrogen-bond donors (Lipinski definition) is 1. The summed E-state index contributed by atoms with van der Waals surface area (Å²) in [6, 6.07) is 5.01. The Morgan fingerprint density at radius 2 is 2.00 bits per heavy atom. The van der Waals surface area contributed by atoms with E-state index in [1.54, 1.807) is 22.8 Å². The molecular formula is C9H6BrN3O2. The van der Waals surface area contributed by atoms with Crippen molar-refractivity contribution in [3.8, 4) is 5.69 Å². The van der Waals surface area contributed by atoms with E-state index >= 15 is 0 Å². The number of halogens is 1. The molecule has 0 atom stereocenters. The smallest absolute Gasteiger partial charge is 0.336 e. The van der Waals surface area contributed by atoms with E-state index in [1.165, 1.54) is 12.7 Å². The van der Waals surface area contributed by atoms with Gasteiger partial charge in [0.25, 0.3) is 0 Å². The zero-order valence-corrected chi connectivity index (χ0v) is 9.05. The maximum Gasteiger partial charge on any atom is 0.336 e. The molecule has 0 bridgehead atoms. The van der Waals surface area contributed by atoms with Crippen LogP contribution in [0.2, 0.25) is 0 Å². The molecule has 0 unspecified atom stereocenters. The molecule has 0 spiro atoms. The Hall–Kier alpha value is -1.69. The third kappa shape index (κ3) is 1.89. The second kappa shape index (κ2) is 3.82. The van der Waals surface area contributed by atoms with E-state index in [4.69, 9.17) is 5.11 Å². The largest absolute Gasteiger partial charge is 0.478 e. The Balaban J connectivity index is 2.52. The third-order valence-electron chi connectivity index (χ3n) is 1.90. The van der Waals surface area contributed by atoms with Crippen molar-refractivity contribution >= 4 is 21.9 Å². The van der Waals surface area contributed by atoms with Crippen LogP contribution in [-0.4, -0.2) is 25.8 Å². The van der Waals surface area contributed by atoms with Crippen molar-refractivity contribution in [2.24, 2.45) is 0 Å². The van der Waals surface area contributed by atoms with Crippen LogP contribution in [0.25, 0.3) is 5.69 Å². The van der Waals surface area contributed by atoms with Crippen LogP contribution < -0.4 is 0 Å². The lowest BCUT2D eigenvalue weighted by atomic mass is 10.2. The number of carboxylic acid groups (broad SMARTS) is 1. The van der Waals surface area contributed by atoms with Crippen LogP contribution in [0.3, 0.4) is 0 Å². The predicted molar refractivity (Wildman–Crippen MR) is 56.0 cm³/mol. The zero-order valence-electron chi connectivity index (χ0n) is 7.46. The number of nitrogens with zero attached hydrogens (tertiary/aromatic N) is 3. The van der Waals surface area contributed by atoms with Crippen molar-refractivity contribution < 1.29 is 9.90 Å². The summed E-state index contributed by atoms with van der Waals surface area (Å²) < 4.78 is 2.19. The standard InChI is InChI=1S/C9H6BrN3O2/c10-8-2-1-6(3-7(8)9(14)15)13-4-11-12-5-13/h1-5H,(H,14,15). The highest BCUT2D eigenvalue weighted by Crippen LogP contribution is 2.20. The molecule has 1 aromatic heterocycles. The van der Waals surface area contributed by atoms with Crippen molar-refractivity contribution in [3.05, 3.63) is 40.9 Å². The van der Waals surface area contributed by atoms with Gasteiger partial charge < -0.3 is 5.11 Å². The van der Waals surface area contributed by atoms with Crippen molar-refractivity contribution in [1.29, 1.82) is 0 Å². The molecule has 0 saturated carbocycles. The normalized spacial score (nSPS) is 10.2. The molecule has 0 aliphatic rings. The fourth-order valence-electron chi connectivity index (χ4n) is 1.17. The lowest BCUT2D eigenvalue weighted by Gasteiger charge is -2.04. The summed E-state index contributed by atoms with van der Waals surface area (Å²) >= 11 is 3.17. The molecule has 0 saturated heterocycles. The highest BCUT2D eigenvalue weighted by molar-refractivity contribution is 9.10. The van der Waals surface area contributed by atoms with E-state index in [0.717, 1.165) is 0 Å². The van der Waals surface area contributed by atoms with E-state index in [9.17, 15) is 4.79 Å². The quantitative estimate of drug-likeness (QED) is 0.900. The van der Waals surface area contributed by atoms with Crippen molar-refractivity contribution in [2.45, 2.75) is 0 Å². The van der Waals surface area contributed by atoms with Crippen LogP contribution >= 0.6 is 15.9 Å². The molecule has 1 aromatic carbocycles. The second-order valence-corrected chi connectivity index (χ2v) is 3.69. The summed E-state index contributed by atoms with van der Waals surface area (Å²) in [7, 11) is 0. The number of aromatic nitrogens is 3. The van der Waals surface area contributed by atoms with Gasteiger partial charge in [-0.15, -0.1) is 10.2 Å². The Kier molecular flexibility index (Phi) is 2.51. The van der Waals surface area contributed by atoms with Gasteiger partial charge in [0.05, 0.1) is 5.56 Å². The van der Waals surface area contributed by atoms with Crippen LogP contribution in [0.4, 0.5) is 0 Å². The first-order chi connectivity index (χ1) is 7.18. The number of aromatic carboxylic acids is 1. The van der Waals surface area contributed by atoms with Crippen LogP contribution in [0.1, 0.15) is 10.4 Å². The molecule has 76 valence electrons. The molecule has 1 heterocycles. The molecule has 15 heavy (non-hydrogen) atoms. The van der Waals surface area contributed by atoms with Gasteiger partial charge in [0.1, 0.15) is 12.7 Å². The fraction of sp³-hybridized carbons (Fsp3) is 0. The van der Waals surface area contributed by atoms with Gasteiger partial charge in [-0.3, -0.25) is 4.57 Å². The lowest BCUT2D eigenvalue weighted by Crippen LogP contribution is -2.00. The molecule has 2 aromatic rings. The summed E-state index contributed by atoms with van der Waals surface area (Å²) in [6.07, 6.45) is 3.02. The van der Waals surface area contributed by atoms with Gasteiger partial charge in [0.2, 0.25) is 0 Å². The molecule has 0 amide bonds. The summed E-state index contributed by atoms with van der Waals surface area (Å²) in [6.45, 7) is 0. The molecule has 1 N–H and O–H groups in total. The van der Waals surface area contributed by atoms with Gasteiger partial charge >= 0.3 is 5.97 Å². The second-order valence-electron chi connectivity index (χ2n) is 2.84.